The normalized spacial score (nSPS) is 13.5. The van der Waals surface area contributed by atoms with E-state index in [4.69, 9.17) is 9.47 Å². The van der Waals surface area contributed by atoms with Gasteiger partial charge in [-0.15, -0.1) is 0 Å². The Hall–Kier alpha value is -1.75. The van der Waals surface area contributed by atoms with Crippen molar-refractivity contribution in [3.05, 3.63) is 23.3 Å². The number of rotatable bonds is 4. The summed E-state index contributed by atoms with van der Waals surface area (Å²) in [5.41, 5.74) is 4.98. The highest BCUT2D eigenvalue weighted by Crippen LogP contribution is 2.33. The minimum absolute atomic E-state index is 0.0132. The highest BCUT2D eigenvalue weighted by Gasteiger charge is 2.14. The molecule has 0 radical (unpaired) electrons. The molecule has 0 saturated carbocycles. The maximum Gasteiger partial charge on any atom is 0.234 e. The van der Waals surface area contributed by atoms with Gasteiger partial charge in [0.25, 0.3) is 0 Å². The summed E-state index contributed by atoms with van der Waals surface area (Å²) < 4.78 is 11.1. The van der Waals surface area contributed by atoms with Gasteiger partial charge in [0.2, 0.25) is 5.91 Å². The van der Waals surface area contributed by atoms with Crippen molar-refractivity contribution in [2.24, 2.45) is 0 Å². The second-order valence-corrected chi connectivity index (χ2v) is 4.85. The lowest BCUT2D eigenvalue weighted by atomic mass is 10.0. The van der Waals surface area contributed by atoms with Crippen molar-refractivity contribution in [1.29, 1.82) is 0 Å². The van der Waals surface area contributed by atoms with Crippen LogP contribution in [0.3, 0.4) is 0 Å². The fraction of sp³-hybridized carbons (Fsp3) is 0.500. The molecule has 1 N–H and O–H groups in total. The number of carbonyl (C=O) groups excluding carboxylic acids is 1. The van der Waals surface area contributed by atoms with E-state index >= 15 is 0 Å². The molecule has 0 unspecified atom stereocenters. The fourth-order valence-electron chi connectivity index (χ4n) is 2.06. The van der Waals surface area contributed by atoms with E-state index in [0.29, 0.717) is 26.1 Å². The molecule has 0 bridgehead atoms. The van der Waals surface area contributed by atoms with Crippen molar-refractivity contribution in [3.8, 4) is 11.5 Å². The first-order chi connectivity index (χ1) is 9.06. The van der Waals surface area contributed by atoms with E-state index in [1.807, 2.05) is 19.1 Å². The lowest BCUT2D eigenvalue weighted by Gasteiger charge is -2.20. The second kappa shape index (κ2) is 5.93. The minimum atomic E-state index is 0.0132. The molecule has 1 aliphatic rings. The molecule has 5 heteroatoms. The third-order valence-electron chi connectivity index (χ3n) is 2.97. The number of hydrazine groups is 1. The van der Waals surface area contributed by atoms with Crippen molar-refractivity contribution in [3.63, 3.8) is 0 Å². The Labute approximate surface area is 113 Å². The summed E-state index contributed by atoms with van der Waals surface area (Å²) in [5.74, 6) is 1.59. The van der Waals surface area contributed by atoms with Crippen LogP contribution in [0.2, 0.25) is 0 Å². The number of nitrogens with one attached hydrogen (secondary N) is 1. The molecular weight excluding hydrogens is 244 g/mol. The van der Waals surface area contributed by atoms with E-state index in [9.17, 15) is 4.79 Å². The predicted molar refractivity (Wildman–Crippen MR) is 72.3 cm³/mol. The number of amides is 1. The Bertz CT molecular complexity index is 472. The SMILES string of the molecule is Cc1cc2c(cc1CCC(=O)NN(C)C)OCCO2. The van der Waals surface area contributed by atoms with Crippen LogP contribution in [0.5, 0.6) is 11.5 Å². The minimum Gasteiger partial charge on any atom is -0.486 e. The molecule has 0 atom stereocenters. The third-order valence-corrected chi connectivity index (χ3v) is 2.97. The van der Waals surface area contributed by atoms with Crippen molar-refractivity contribution >= 4 is 5.91 Å². The summed E-state index contributed by atoms with van der Waals surface area (Å²) in [4.78, 5) is 11.6. The number of hydrogen-bond acceptors (Lipinski definition) is 4. The molecule has 1 amide bonds. The van der Waals surface area contributed by atoms with E-state index in [1.165, 1.54) is 0 Å². The molecule has 1 aromatic rings. The van der Waals surface area contributed by atoms with Crippen molar-refractivity contribution in [2.75, 3.05) is 27.3 Å². The van der Waals surface area contributed by atoms with Gasteiger partial charge in [0, 0.05) is 20.5 Å². The zero-order valence-corrected chi connectivity index (χ0v) is 11.7. The highest BCUT2D eigenvalue weighted by atomic mass is 16.6. The first-order valence-electron chi connectivity index (χ1n) is 6.42. The molecule has 1 aromatic carbocycles. The Morgan fingerprint density at radius 1 is 1.26 bits per heavy atom. The lowest BCUT2D eigenvalue weighted by Crippen LogP contribution is -2.36. The number of aryl methyl sites for hydroxylation is 2. The van der Waals surface area contributed by atoms with Gasteiger partial charge >= 0.3 is 0 Å². The van der Waals surface area contributed by atoms with Gasteiger partial charge in [-0.3, -0.25) is 10.2 Å². The molecule has 5 nitrogen and oxygen atoms in total. The van der Waals surface area contributed by atoms with Crippen molar-refractivity contribution in [2.45, 2.75) is 19.8 Å². The molecule has 0 spiro atoms. The van der Waals surface area contributed by atoms with E-state index in [1.54, 1.807) is 19.1 Å². The number of fused-ring (bicyclic) bond motifs is 1. The van der Waals surface area contributed by atoms with Gasteiger partial charge in [-0.2, -0.15) is 0 Å². The smallest absolute Gasteiger partial charge is 0.234 e. The maximum atomic E-state index is 11.6. The number of ether oxygens (including phenoxy) is 2. The van der Waals surface area contributed by atoms with E-state index in [-0.39, 0.29) is 5.91 Å². The summed E-state index contributed by atoms with van der Waals surface area (Å²) in [6.45, 7) is 3.20. The Morgan fingerprint density at radius 2 is 1.89 bits per heavy atom. The largest absolute Gasteiger partial charge is 0.486 e. The van der Waals surface area contributed by atoms with Crippen LogP contribution in [-0.2, 0) is 11.2 Å². The van der Waals surface area contributed by atoms with E-state index in [0.717, 1.165) is 22.6 Å². The van der Waals surface area contributed by atoms with E-state index in [2.05, 4.69) is 5.43 Å². The van der Waals surface area contributed by atoms with Crippen molar-refractivity contribution in [1.82, 2.24) is 10.4 Å². The Balaban J connectivity index is 2.02. The first kappa shape index (κ1) is 13.7. The van der Waals surface area contributed by atoms with Gasteiger partial charge in [0.15, 0.2) is 11.5 Å². The molecule has 19 heavy (non-hydrogen) atoms. The van der Waals surface area contributed by atoms with Crippen LogP contribution in [0, 0.1) is 6.92 Å². The van der Waals surface area contributed by atoms with Crippen LogP contribution >= 0.6 is 0 Å². The zero-order chi connectivity index (χ0) is 13.8. The molecule has 2 rings (SSSR count). The van der Waals surface area contributed by atoms with Gasteiger partial charge in [0.05, 0.1) is 0 Å². The van der Waals surface area contributed by atoms with E-state index < -0.39 is 0 Å². The monoisotopic (exact) mass is 264 g/mol. The molecule has 1 aliphatic heterocycles. The quantitative estimate of drug-likeness (QED) is 0.833. The summed E-state index contributed by atoms with van der Waals surface area (Å²) in [6.07, 6.45) is 1.15. The van der Waals surface area contributed by atoms with Gasteiger partial charge < -0.3 is 9.47 Å². The molecule has 0 aliphatic carbocycles. The molecule has 1 heterocycles. The average Bonchev–Trinajstić information content (AvgIpc) is 2.35. The zero-order valence-electron chi connectivity index (χ0n) is 11.7. The number of hydrogen-bond donors (Lipinski definition) is 1. The second-order valence-electron chi connectivity index (χ2n) is 4.85. The standard InChI is InChI=1S/C14H20N2O3/c1-10-8-12-13(19-7-6-18-12)9-11(10)4-5-14(17)15-16(2)3/h8-9H,4-7H2,1-3H3,(H,15,17). The third kappa shape index (κ3) is 3.61. The summed E-state index contributed by atoms with van der Waals surface area (Å²) in [7, 11) is 3.60. The summed E-state index contributed by atoms with van der Waals surface area (Å²) in [5, 5.41) is 1.65. The van der Waals surface area contributed by atoms with Crippen LogP contribution in [0.15, 0.2) is 12.1 Å². The van der Waals surface area contributed by atoms with Crippen LogP contribution in [0.25, 0.3) is 0 Å². The van der Waals surface area contributed by atoms with Gasteiger partial charge in [-0.05, 0) is 36.6 Å². The Morgan fingerprint density at radius 3 is 2.53 bits per heavy atom. The van der Waals surface area contributed by atoms with Crippen molar-refractivity contribution < 1.29 is 14.3 Å². The predicted octanol–water partition coefficient (Wildman–Crippen LogP) is 1.29. The fourth-order valence-corrected chi connectivity index (χ4v) is 2.06. The van der Waals surface area contributed by atoms with Gasteiger partial charge in [-0.1, -0.05) is 0 Å². The molecule has 104 valence electrons. The average molecular weight is 264 g/mol. The molecule has 0 fully saturated rings. The topological polar surface area (TPSA) is 50.8 Å². The Kier molecular flexibility index (Phi) is 4.27. The van der Waals surface area contributed by atoms with Gasteiger partial charge in [0.1, 0.15) is 13.2 Å². The highest BCUT2D eigenvalue weighted by molar-refractivity contribution is 5.75. The molecule has 0 saturated heterocycles. The number of benzene rings is 1. The summed E-state index contributed by atoms with van der Waals surface area (Å²) in [6, 6.07) is 3.96. The van der Waals surface area contributed by atoms with Crippen LogP contribution in [0.1, 0.15) is 17.5 Å². The summed E-state index contributed by atoms with van der Waals surface area (Å²) >= 11 is 0. The number of nitrogens with zero attached hydrogens (tertiary/aromatic N) is 1. The lowest BCUT2D eigenvalue weighted by molar-refractivity contribution is -0.124. The molecular formula is C14H20N2O3. The first-order valence-corrected chi connectivity index (χ1v) is 6.42. The maximum absolute atomic E-state index is 11.6. The van der Waals surface area contributed by atoms with Gasteiger partial charge in [-0.25, -0.2) is 5.01 Å². The van der Waals surface area contributed by atoms with Crippen LogP contribution in [-0.4, -0.2) is 38.2 Å². The van der Waals surface area contributed by atoms with Crippen LogP contribution < -0.4 is 14.9 Å². The van der Waals surface area contributed by atoms with Crippen LogP contribution in [0.4, 0.5) is 0 Å². The number of carbonyl (C=O) groups is 1. The molecule has 0 aromatic heterocycles.